The van der Waals surface area contributed by atoms with E-state index in [2.05, 4.69) is 33.5 Å². The maximum Gasteiger partial charge on any atom is 0.284 e. The molecular formula is C32H41ClN2O4S. The average molecular weight is 585 g/mol. The first-order valence-corrected chi connectivity index (χ1v) is 16.3. The SMILES string of the molecule is CC[C@@H]1CC/C=C/[C@H](OC)[C@@H]2CC[C@H]2CN2Cc3ccc(Cl)cc3CCCCOc3ccc(cc32)C(=O)/N=[SH]\1=O. The predicted octanol–water partition coefficient (Wildman–Crippen LogP) is 7.04. The van der Waals surface area contributed by atoms with Gasteiger partial charge in [-0.05, 0) is 105 Å². The molecular weight excluding hydrogens is 544 g/mol. The summed E-state index contributed by atoms with van der Waals surface area (Å²) >= 11 is 6.41. The third-order valence-corrected chi connectivity index (χ3v) is 10.6. The number of allylic oxidation sites excluding steroid dienone is 1. The number of anilines is 1. The molecule has 8 heteroatoms. The number of rotatable bonds is 2. The maximum absolute atomic E-state index is 13.3. The van der Waals surface area contributed by atoms with Crippen molar-refractivity contribution in [1.29, 1.82) is 0 Å². The quantitative estimate of drug-likeness (QED) is 0.303. The van der Waals surface area contributed by atoms with Crippen molar-refractivity contribution >= 4 is 33.8 Å². The van der Waals surface area contributed by atoms with Crippen LogP contribution in [0.5, 0.6) is 5.75 Å². The highest BCUT2D eigenvalue weighted by Gasteiger charge is 2.38. The van der Waals surface area contributed by atoms with Gasteiger partial charge in [0.25, 0.3) is 5.91 Å². The van der Waals surface area contributed by atoms with Gasteiger partial charge in [0.1, 0.15) is 5.75 Å². The molecule has 2 aromatic carbocycles. The van der Waals surface area contributed by atoms with Crippen molar-refractivity contribution in [2.75, 3.05) is 25.2 Å². The molecule has 1 saturated carbocycles. The van der Waals surface area contributed by atoms with Crippen molar-refractivity contribution < 1.29 is 18.5 Å². The molecule has 5 rings (SSSR count). The predicted molar refractivity (Wildman–Crippen MR) is 163 cm³/mol. The van der Waals surface area contributed by atoms with Crippen molar-refractivity contribution in [2.45, 2.75) is 76.2 Å². The molecule has 6 nitrogen and oxygen atoms in total. The summed E-state index contributed by atoms with van der Waals surface area (Å²) in [6.45, 7) is 4.11. The lowest BCUT2D eigenvalue weighted by Crippen LogP contribution is -2.43. The molecule has 0 spiro atoms. The summed E-state index contributed by atoms with van der Waals surface area (Å²) in [5.74, 6) is 1.20. The molecule has 0 radical (unpaired) electrons. The summed E-state index contributed by atoms with van der Waals surface area (Å²) in [5, 5.41) is 0.624. The molecule has 5 atom stereocenters. The number of nitrogens with zero attached hydrogens (tertiary/aromatic N) is 2. The minimum Gasteiger partial charge on any atom is -0.491 e. The van der Waals surface area contributed by atoms with E-state index < -0.39 is 16.5 Å². The Morgan fingerprint density at radius 2 is 2.00 bits per heavy atom. The fraction of sp³-hybridized carbons (Fsp3) is 0.531. The molecule has 0 N–H and O–H groups in total. The number of thiol groups is 1. The second-order valence-electron chi connectivity index (χ2n) is 11.3. The number of hydrogen-bond donors (Lipinski definition) is 1. The first-order chi connectivity index (χ1) is 19.5. The zero-order valence-corrected chi connectivity index (χ0v) is 25.2. The van der Waals surface area contributed by atoms with Crippen molar-refractivity contribution in [2.24, 2.45) is 16.2 Å². The van der Waals surface area contributed by atoms with Crippen LogP contribution in [0.25, 0.3) is 0 Å². The molecule has 1 amide bonds. The van der Waals surface area contributed by atoms with E-state index in [1.54, 1.807) is 13.2 Å². The second-order valence-corrected chi connectivity index (χ2v) is 13.2. The fourth-order valence-corrected chi connectivity index (χ4v) is 7.54. The van der Waals surface area contributed by atoms with Gasteiger partial charge in [0.15, 0.2) is 0 Å². The summed E-state index contributed by atoms with van der Waals surface area (Å²) in [4.78, 5) is 15.6. The molecule has 3 aliphatic rings. The number of methoxy groups -OCH3 is 1. The van der Waals surface area contributed by atoms with Crippen LogP contribution in [0.3, 0.4) is 0 Å². The molecule has 40 heavy (non-hydrogen) atoms. The van der Waals surface area contributed by atoms with Crippen LogP contribution in [0, 0.1) is 11.8 Å². The fourth-order valence-electron chi connectivity index (χ4n) is 6.21. The van der Waals surface area contributed by atoms with Gasteiger partial charge in [0.2, 0.25) is 0 Å². The molecule has 2 aliphatic heterocycles. The molecule has 2 aromatic rings. The van der Waals surface area contributed by atoms with Crippen LogP contribution in [0.1, 0.15) is 73.4 Å². The van der Waals surface area contributed by atoms with Gasteiger partial charge < -0.3 is 14.4 Å². The van der Waals surface area contributed by atoms with Gasteiger partial charge in [0, 0.05) is 46.6 Å². The highest BCUT2D eigenvalue weighted by Crippen LogP contribution is 2.42. The molecule has 2 bridgehead atoms. The number of carbonyl (C=O) groups excluding carboxylic acids is 1. The summed E-state index contributed by atoms with van der Waals surface area (Å²) in [6.07, 6.45) is 11.8. The smallest absolute Gasteiger partial charge is 0.284 e. The molecule has 1 aliphatic carbocycles. The van der Waals surface area contributed by atoms with Gasteiger partial charge >= 0.3 is 0 Å². The molecule has 216 valence electrons. The van der Waals surface area contributed by atoms with E-state index in [1.165, 1.54) is 11.1 Å². The van der Waals surface area contributed by atoms with E-state index in [-0.39, 0.29) is 11.4 Å². The molecule has 0 saturated heterocycles. The van der Waals surface area contributed by atoms with Gasteiger partial charge in [-0.25, -0.2) is 0 Å². The number of carbonyl (C=O) groups is 1. The first-order valence-electron chi connectivity index (χ1n) is 14.7. The van der Waals surface area contributed by atoms with Gasteiger partial charge in [-0.15, -0.1) is 0 Å². The van der Waals surface area contributed by atoms with E-state index in [0.29, 0.717) is 37.0 Å². The van der Waals surface area contributed by atoms with Crippen LogP contribution < -0.4 is 9.64 Å². The van der Waals surface area contributed by atoms with Crippen LogP contribution in [-0.4, -0.2) is 41.7 Å². The van der Waals surface area contributed by atoms with E-state index in [4.69, 9.17) is 21.1 Å². The number of halogens is 1. The molecule has 0 aromatic heterocycles. The van der Waals surface area contributed by atoms with Crippen LogP contribution in [0.2, 0.25) is 5.02 Å². The topological polar surface area (TPSA) is 68.2 Å². The monoisotopic (exact) mass is 584 g/mol. The Morgan fingerprint density at radius 3 is 2.77 bits per heavy atom. The van der Waals surface area contributed by atoms with E-state index in [0.717, 1.165) is 68.0 Å². The third-order valence-electron chi connectivity index (χ3n) is 8.76. The largest absolute Gasteiger partial charge is 0.491 e. The van der Waals surface area contributed by atoms with Crippen LogP contribution in [0.4, 0.5) is 5.69 Å². The minimum absolute atomic E-state index is 0.0452. The van der Waals surface area contributed by atoms with Gasteiger partial charge in [-0.2, -0.15) is 4.36 Å². The number of fused-ring (bicyclic) bond motifs is 3. The number of hydrogen-bond acceptors (Lipinski definition) is 5. The summed E-state index contributed by atoms with van der Waals surface area (Å²) in [5.41, 5.74) is 3.83. The Bertz CT molecular complexity index is 1320. The number of ether oxygens (including phenoxy) is 2. The summed E-state index contributed by atoms with van der Waals surface area (Å²) in [6, 6.07) is 11.7. The minimum atomic E-state index is -2.02. The Morgan fingerprint density at radius 1 is 1.12 bits per heavy atom. The van der Waals surface area contributed by atoms with Crippen molar-refractivity contribution in [1.82, 2.24) is 0 Å². The lowest BCUT2D eigenvalue weighted by atomic mass is 9.70. The van der Waals surface area contributed by atoms with Crippen LogP contribution >= 0.6 is 11.6 Å². The first kappa shape index (κ1) is 29.2. The van der Waals surface area contributed by atoms with Crippen LogP contribution in [0.15, 0.2) is 52.9 Å². The Labute approximate surface area is 245 Å². The standard InChI is InChI=1S/C32H41ClN2O4S/c1-3-27-9-4-5-10-30(38-2)28-15-12-25(28)21-35-20-24-11-14-26(33)18-22(24)8-6-7-17-39-31-16-13-23(19-29(31)35)32(36)34-40(27)37/h5,10-11,13-14,16,18-19,25,27-28,30,40H,3-4,6-9,12,15,17,20-21H2,1-2H3/b10-5+/t25-,27+,28+,30-/m0/s1. The number of amides is 1. The van der Waals surface area contributed by atoms with Crippen molar-refractivity contribution in [3.05, 3.63) is 70.3 Å². The Hall–Kier alpha value is -2.35. The van der Waals surface area contributed by atoms with E-state index >= 15 is 0 Å². The van der Waals surface area contributed by atoms with Crippen molar-refractivity contribution in [3.8, 4) is 5.75 Å². The zero-order chi connectivity index (χ0) is 28.1. The summed E-state index contributed by atoms with van der Waals surface area (Å²) < 4.78 is 29.6. The normalized spacial score (nSPS) is 28.9. The van der Waals surface area contributed by atoms with E-state index in [1.807, 2.05) is 25.1 Å². The third kappa shape index (κ3) is 6.75. The maximum atomic E-state index is 13.3. The van der Waals surface area contributed by atoms with Gasteiger partial charge in [-0.3, -0.25) is 9.00 Å². The number of aryl methyl sites for hydroxylation is 1. The Kier molecular flexibility index (Phi) is 9.87. The lowest BCUT2D eigenvalue weighted by Gasteiger charge is -2.43. The average Bonchev–Trinajstić information content (AvgIpc) is 2.96. The van der Waals surface area contributed by atoms with Gasteiger partial charge in [-0.1, -0.05) is 36.7 Å². The second kappa shape index (κ2) is 13.5. The van der Waals surface area contributed by atoms with Crippen LogP contribution in [-0.2, 0) is 28.3 Å². The Balaban J connectivity index is 1.61. The van der Waals surface area contributed by atoms with Crippen molar-refractivity contribution in [3.63, 3.8) is 0 Å². The highest BCUT2D eigenvalue weighted by molar-refractivity contribution is 7.76. The molecule has 1 fully saturated rings. The highest BCUT2D eigenvalue weighted by atomic mass is 35.5. The summed E-state index contributed by atoms with van der Waals surface area (Å²) in [7, 11) is -0.222. The van der Waals surface area contributed by atoms with Gasteiger partial charge in [0.05, 0.1) is 18.4 Å². The molecule has 1 unspecified atom stereocenters. The van der Waals surface area contributed by atoms with E-state index in [9.17, 15) is 9.00 Å². The lowest BCUT2D eigenvalue weighted by molar-refractivity contribution is 0.0134. The molecule has 2 heterocycles. The number of benzene rings is 2. The zero-order valence-electron chi connectivity index (χ0n) is 23.6.